The smallest absolute Gasteiger partial charge is 0.237 e. The Balaban J connectivity index is 2.21. The molecular weight excluding hydrogens is 240 g/mol. The Morgan fingerprint density at radius 1 is 1.76 bits per heavy atom. The van der Waals surface area contributed by atoms with E-state index in [4.69, 9.17) is 10.5 Å². The molecule has 2 aromatic rings. The van der Waals surface area contributed by atoms with Crippen molar-refractivity contribution in [3.8, 4) is 5.88 Å². The van der Waals surface area contributed by atoms with Gasteiger partial charge in [0.1, 0.15) is 5.69 Å². The molecule has 0 saturated heterocycles. The van der Waals surface area contributed by atoms with Gasteiger partial charge in [-0.1, -0.05) is 0 Å². The highest BCUT2D eigenvalue weighted by molar-refractivity contribution is 7.15. The van der Waals surface area contributed by atoms with Gasteiger partial charge in [0.25, 0.3) is 0 Å². The Bertz CT molecular complexity index is 533. The maximum absolute atomic E-state index is 10.9. The summed E-state index contributed by atoms with van der Waals surface area (Å²) >= 11 is 1.53. The minimum atomic E-state index is -0.385. The number of carbonyl (C=O) groups excluding carboxylic acids is 1. The molecule has 2 heterocycles. The molecule has 0 bridgehead atoms. The fourth-order valence-corrected chi connectivity index (χ4v) is 2.21. The lowest BCUT2D eigenvalue weighted by Crippen LogP contribution is -2.38. The summed E-state index contributed by atoms with van der Waals surface area (Å²) in [6, 6.07) is -0.385. The quantitative estimate of drug-likeness (QED) is 0.807. The van der Waals surface area contributed by atoms with Gasteiger partial charge in [0, 0.05) is 18.1 Å². The van der Waals surface area contributed by atoms with E-state index < -0.39 is 0 Å². The molecule has 0 aliphatic rings. The van der Waals surface area contributed by atoms with Crippen LogP contribution in [0.2, 0.25) is 0 Å². The Kier molecular flexibility index (Phi) is 3.30. The van der Waals surface area contributed by atoms with E-state index >= 15 is 0 Å². The van der Waals surface area contributed by atoms with Gasteiger partial charge >= 0.3 is 0 Å². The molecule has 0 fully saturated rings. The highest BCUT2D eigenvalue weighted by Gasteiger charge is 2.15. The Labute approximate surface area is 102 Å². The standard InChI is InChI=1S/C10H14N4O2S/c1-6(8(11)15)12-5-7-9(16-2)13-10-14(7)3-4-17-10/h3-4,6,12H,5H2,1-2H3,(H2,11,15). The highest BCUT2D eigenvalue weighted by atomic mass is 32.1. The normalized spacial score (nSPS) is 12.8. The largest absolute Gasteiger partial charge is 0.480 e. The zero-order valence-corrected chi connectivity index (χ0v) is 10.5. The number of nitrogens with two attached hydrogens (primary N) is 1. The second-order valence-corrected chi connectivity index (χ2v) is 4.50. The summed E-state index contributed by atoms with van der Waals surface area (Å²) in [5, 5.41) is 4.98. The van der Waals surface area contributed by atoms with Crippen molar-refractivity contribution in [2.24, 2.45) is 5.73 Å². The van der Waals surface area contributed by atoms with Crippen LogP contribution in [-0.4, -0.2) is 28.4 Å². The van der Waals surface area contributed by atoms with Crippen LogP contribution in [0.4, 0.5) is 0 Å². The van der Waals surface area contributed by atoms with E-state index in [0.29, 0.717) is 12.4 Å². The number of thiazole rings is 1. The summed E-state index contributed by atoms with van der Waals surface area (Å²) < 4.78 is 7.13. The zero-order valence-electron chi connectivity index (χ0n) is 9.64. The number of ether oxygens (including phenoxy) is 1. The molecule has 1 atom stereocenters. The van der Waals surface area contributed by atoms with Gasteiger partial charge in [-0.2, -0.15) is 4.98 Å². The van der Waals surface area contributed by atoms with Crippen LogP contribution in [0.15, 0.2) is 11.6 Å². The number of nitrogens with zero attached hydrogens (tertiary/aromatic N) is 2. The van der Waals surface area contributed by atoms with E-state index in [1.165, 1.54) is 11.3 Å². The third-order valence-electron chi connectivity index (χ3n) is 2.52. The molecule has 1 unspecified atom stereocenters. The SMILES string of the molecule is COc1nc2sccn2c1CNC(C)C(N)=O. The summed E-state index contributed by atoms with van der Waals surface area (Å²) in [5.74, 6) is 0.191. The van der Waals surface area contributed by atoms with E-state index in [0.717, 1.165) is 10.7 Å². The topological polar surface area (TPSA) is 81.7 Å². The number of nitrogens with one attached hydrogen (secondary N) is 1. The summed E-state index contributed by atoms with van der Waals surface area (Å²) in [5.41, 5.74) is 6.07. The number of hydrogen-bond donors (Lipinski definition) is 2. The van der Waals surface area contributed by atoms with Gasteiger partial charge in [-0.3, -0.25) is 9.20 Å². The average Bonchev–Trinajstić information content (AvgIpc) is 2.85. The molecule has 0 radical (unpaired) electrons. The summed E-state index contributed by atoms with van der Waals surface area (Å²) in [6.07, 6.45) is 1.92. The monoisotopic (exact) mass is 254 g/mol. The predicted molar refractivity (Wildman–Crippen MR) is 65.1 cm³/mol. The molecule has 17 heavy (non-hydrogen) atoms. The number of carbonyl (C=O) groups is 1. The molecule has 6 nitrogen and oxygen atoms in total. The molecule has 2 aromatic heterocycles. The van der Waals surface area contributed by atoms with Crippen LogP contribution < -0.4 is 15.8 Å². The molecule has 7 heteroatoms. The molecule has 3 N–H and O–H groups in total. The van der Waals surface area contributed by atoms with Crippen LogP contribution in [0.3, 0.4) is 0 Å². The van der Waals surface area contributed by atoms with E-state index in [9.17, 15) is 4.79 Å². The van der Waals surface area contributed by atoms with Crippen molar-refractivity contribution in [1.82, 2.24) is 14.7 Å². The van der Waals surface area contributed by atoms with Gasteiger partial charge in [-0.25, -0.2) is 0 Å². The van der Waals surface area contributed by atoms with Gasteiger partial charge in [0.15, 0.2) is 4.96 Å². The van der Waals surface area contributed by atoms with Crippen LogP contribution in [0.25, 0.3) is 4.96 Å². The van der Waals surface area contributed by atoms with Crippen molar-refractivity contribution in [2.75, 3.05) is 7.11 Å². The van der Waals surface area contributed by atoms with Gasteiger partial charge in [-0.15, -0.1) is 11.3 Å². The number of aromatic nitrogens is 2. The van der Waals surface area contributed by atoms with Gasteiger partial charge in [0.05, 0.1) is 13.2 Å². The third kappa shape index (κ3) is 2.25. The van der Waals surface area contributed by atoms with Crippen molar-refractivity contribution in [3.63, 3.8) is 0 Å². The number of primary amides is 1. The van der Waals surface area contributed by atoms with Gasteiger partial charge in [0.2, 0.25) is 11.8 Å². The number of imidazole rings is 1. The maximum Gasteiger partial charge on any atom is 0.237 e. The van der Waals surface area contributed by atoms with Gasteiger partial charge < -0.3 is 15.8 Å². The lowest BCUT2D eigenvalue weighted by Gasteiger charge is -2.09. The summed E-state index contributed by atoms with van der Waals surface area (Å²) in [6.45, 7) is 2.20. The molecule has 0 spiro atoms. The fourth-order valence-electron chi connectivity index (χ4n) is 1.49. The van der Waals surface area contributed by atoms with Crippen LogP contribution >= 0.6 is 11.3 Å². The molecule has 2 rings (SSSR count). The second kappa shape index (κ2) is 4.72. The van der Waals surface area contributed by atoms with Crippen LogP contribution in [-0.2, 0) is 11.3 Å². The van der Waals surface area contributed by atoms with E-state index in [1.807, 2.05) is 16.0 Å². The molecule has 0 aliphatic heterocycles. The van der Waals surface area contributed by atoms with Crippen LogP contribution in [0.1, 0.15) is 12.6 Å². The number of hydrogen-bond acceptors (Lipinski definition) is 5. The lowest BCUT2D eigenvalue weighted by atomic mass is 10.3. The minimum absolute atomic E-state index is 0.380. The second-order valence-electron chi connectivity index (χ2n) is 3.63. The number of methoxy groups -OCH3 is 1. The fraction of sp³-hybridized carbons (Fsp3) is 0.400. The molecule has 0 aliphatic carbocycles. The minimum Gasteiger partial charge on any atom is -0.480 e. The molecule has 0 aromatic carbocycles. The van der Waals surface area contributed by atoms with Crippen molar-refractivity contribution in [2.45, 2.75) is 19.5 Å². The zero-order chi connectivity index (χ0) is 12.4. The first-order valence-electron chi connectivity index (χ1n) is 5.14. The number of fused-ring (bicyclic) bond motifs is 1. The average molecular weight is 254 g/mol. The van der Waals surface area contributed by atoms with Crippen molar-refractivity contribution in [1.29, 1.82) is 0 Å². The lowest BCUT2D eigenvalue weighted by molar-refractivity contribution is -0.119. The Hall–Kier alpha value is -1.60. The molecule has 1 amide bonds. The Morgan fingerprint density at radius 3 is 3.18 bits per heavy atom. The molecule has 0 saturated carbocycles. The van der Waals surface area contributed by atoms with Crippen molar-refractivity contribution in [3.05, 3.63) is 17.3 Å². The predicted octanol–water partition coefficient (Wildman–Crippen LogP) is 0.368. The molecular formula is C10H14N4O2S. The van der Waals surface area contributed by atoms with Crippen LogP contribution in [0.5, 0.6) is 5.88 Å². The third-order valence-corrected chi connectivity index (χ3v) is 3.28. The van der Waals surface area contributed by atoms with E-state index in [-0.39, 0.29) is 11.9 Å². The Morgan fingerprint density at radius 2 is 2.53 bits per heavy atom. The van der Waals surface area contributed by atoms with Crippen molar-refractivity contribution < 1.29 is 9.53 Å². The summed E-state index contributed by atoms with van der Waals surface area (Å²) in [7, 11) is 1.58. The number of amides is 1. The first kappa shape index (κ1) is 11.9. The maximum atomic E-state index is 10.9. The van der Waals surface area contributed by atoms with Gasteiger partial charge in [-0.05, 0) is 6.92 Å². The van der Waals surface area contributed by atoms with E-state index in [1.54, 1.807) is 14.0 Å². The first-order chi connectivity index (χ1) is 8.13. The molecule has 92 valence electrons. The first-order valence-corrected chi connectivity index (χ1v) is 6.02. The number of rotatable bonds is 5. The highest BCUT2D eigenvalue weighted by Crippen LogP contribution is 2.22. The van der Waals surface area contributed by atoms with E-state index in [2.05, 4.69) is 10.3 Å². The summed E-state index contributed by atoms with van der Waals surface area (Å²) in [4.78, 5) is 16.1. The van der Waals surface area contributed by atoms with Crippen LogP contribution in [0, 0.1) is 0 Å². The van der Waals surface area contributed by atoms with Crippen molar-refractivity contribution >= 4 is 22.2 Å².